The van der Waals surface area contributed by atoms with Crippen molar-refractivity contribution >= 4 is 5.82 Å². The molecule has 2 aromatic rings. The van der Waals surface area contributed by atoms with Crippen molar-refractivity contribution in [2.24, 2.45) is 0 Å². The summed E-state index contributed by atoms with van der Waals surface area (Å²) >= 11 is 0. The lowest BCUT2D eigenvalue weighted by Crippen LogP contribution is -2.01. The Balaban J connectivity index is 1.95. The van der Waals surface area contributed by atoms with Gasteiger partial charge in [0.2, 0.25) is 0 Å². The molecular formula is C13H12N4O. The molecule has 0 aliphatic heterocycles. The quantitative estimate of drug-likeness (QED) is 0.884. The van der Waals surface area contributed by atoms with Crippen LogP contribution >= 0.6 is 0 Å². The van der Waals surface area contributed by atoms with Crippen LogP contribution in [0.15, 0.2) is 36.7 Å². The summed E-state index contributed by atoms with van der Waals surface area (Å²) in [5.74, 6) is 1.42. The van der Waals surface area contributed by atoms with Gasteiger partial charge in [0.1, 0.15) is 18.2 Å². The number of aromatic nitrogens is 2. The third kappa shape index (κ3) is 2.95. The van der Waals surface area contributed by atoms with Gasteiger partial charge < -0.3 is 10.1 Å². The van der Waals surface area contributed by atoms with E-state index in [-0.39, 0.29) is 0 Å². The van der Waals surface area contributed by atoms with Gasteiger partial charge in [0.25, 0.3) is 0 Å². The molecular weight excluding hydrogens is 228 g/mol. The van der Waals surface area contributed by atoms with E-state index >= 15 is 0 Å². The number of nitriles is 1. The van der Waals surface area contributed by atoms with Crippen LogP contribution in [0.1, 0.15) is 11.3 Å². The number of hydrogen-bond donors (Lipinski definition) is 1. The lowest BCUT2D eigenvalue weighted by Gasteiger charge is -2.05. The Kier molecular flexibility index (Phi) is 3.72. The molecule has 1 aromatic carbocycles. The molecule has 0 aliphatic carbocycles. The van der Waals surface area contributed by atoms with Crippen LogP contribution < -0.4 is 10.1 Å². The van der Waals surface area contributed by atoms with Gasteiger partial charge in [0, 0.05) is 7.05 Å². The van der Waals surface area contributed by atoms with Crippen molar-refractivity contribution in [3.63, 3.8) is 0 Å². The highest BCUT2D eigenvalue weighted by Gasteiger charge is 1.99. The van der Waals surface area contributed by atoms with Gasteiger partial charge in [0.15, 0.2) is 0 Å². The fourth-order valence-electron chi connectivity index (χ4n) is 1.34. The van der Waals surface area contributed by atoms with Gasteiger partial charge in [-0.1, -0.05) is 0 Å². The van der Waals surface area contributed by atoms with Crippen molar-refractivity contribution in [3.8, 4) is 11.8 Å². The summed E-state index contributed by atoms with van der Waals surface area (Å²) < 4.78 is 5.53. The van der Waals surface area contributed by atoms with Crippen LogP contribution in [0.3, 0.4) is 0 Å². The molecule has 1 heterocycles. The van der Waals surface area contributed by atoms with Crippen molar-refractivity contribution < 1.29 is 4.74 Å². The Hall–Kier alpha value is -2.61. The molecule has 0 saturated heterocycles. The lowest BCUT2D eigenvalue weighted by molar-refractivity contribution is 0.301. The van der Waals surface area contributed by atoms with E-state index in [4.69, 9.17) is 10.00 Å². The number of hydrogen-bond acceptors (Lipinski definition) is 5. The third-order valence-electron chi connectivity index (χ3n) is 2.33. The lowest BCUT2D eigenvalue weighted by atomic mass is 10.2. The van der Waals surface area contributed by atoms with Crippen molar-refractivity contribution in [2.75, 3.05) is 12.4 Å². The Bertz CT molecular complexity index is 543. The largest absolute Gasteiger partial charge is 0.487 e. The number of benzene rings is 1. The standard InChI is InChI=1S/C13H12N4O/c1-15-13-8-16-11(7-17-13)9-18-12-4-2-10(6-14)3-5-12/h2-5,7-8H,9H2,1H3,(H,15,17). The van der Waals surface area contributed by atoms with Crippen LogP contribution in [-0.4, -0.2) is 17.0 Å². The highest BCUT2D eigenvalue weighted by atomic mass is 16.5. The number of nitrogens with one attached hydrogen (secondary N) is 1. The maximum Gasteiger partial charge on any atom is 0.144 e. The first-order valence-electron chi connectivity index (χ1n) is 5.43. The fourth-order valence-corrected chi connectivity index (χ4v) is 1.34. The monoisotopic (exact) mass is 240 g/mol. The summed E-state index contributed by atoms with van der Waals surface area (Å²) in [4.78, 5) is 8.34. The summed E-state index contributed by atoms with van der Waals surface area (Å²) in [5.41, 5.74) is 1.36. The fraction of sp³-hybridized carbons (Fsp3) is 0.154. The summed E-state index contributed by atoms with van der Waals surface area (Å²) in [6.45, 7) is 0.350. The van der Waals surface area contributed by atoms with Gasteiger partial charge in [-0.3, -0.25) is 4.98 Å². The Morgan fingerprint density at radius 2 is 2.00 bits per heavy atom. The van der Waals surface area contributed by atoms with E-state index in [1.165, 1.54) is 0 Å². The molecule has 0 aliphatic rings. The van der Waals surface area contributed by atoms with E-state index in [9.17, 15) is 0 Å². The van der Waals surface area contributed by atoms with E-state index in [0.29, 0.717) is 17.9 Å². The summed E-state index contributed by atoms with van der Waals surface area (Å²) in [6.07, 6.45) is 3.31. The van der Waals surface area contributed by atoms with Gasteiger partial charge >= 0.3 is 0 Å². The highest BCUT2D eigenvalue weighted by molar-refractivity contribution is 5.34. The van der Waals surface area contributed by atoms with E-state index in [0.717, 1.165) is 11.5 Å². The second-order valence-electron chi connectivity index (χ2n) is 3.57. The molecule has 5 nitrogen and oxygen atoms in total. The molecule has 5 heteroatoms. The second-order valence-corrected chi connectivity index (χ2v) is 3.57. The molecule has 0 fully saturated rings. The zero-order chi connectivity index (χ0) is 12.8. The molecule has 0 radical (unpaired) electrons. The Labute approximate surface area is 105 Å². The molecule has 0 atom stereocenters. The molecule has 2 rings (SSSR count). The van der Waals surface area contributed by atoms with Crippen molar-refractivity contribution in [2.45, 2.75) is 6.61 Å². The summed E-state index contributed by atoms with van der Waals surface area (Å²) in [5, 5.41) is 11.6. The normalized spacial score (nSPS) is 9.56. The van der Waals surface area contributed by atoms with E-state index < -0.39 is 0 Å². The topological polar surface area (TPSA) is 70.8 Å². The van der Waals surface area contributed by atoms with Crippen LogP contribution in [0, 0.1) is 11.3 Å². The zero-order valence-electron chi connectivity index (χ0n) is 9.92. The highest BCUT2D eigenvalue weighted by Crippen LogP contribution is 2.13. The van der Waals surface area contributed by atoms with Gasteiger partial charge in [-0.15, -0.1) is 0 Å². The van der Waals surface area contributed by atoms with Crippen LogP contribution in [-0.2, 0) is 6.61 Å². The Morgan fingerprint density at radius 3 is 2.56 bits per heavy atom. The van der Waals surface area contributed by atoms with Crippen molar-refractivity contribution in [3.05, 3.63) is 47.9 Å². The minimum absolute atomic E-state index is 0.350. The third-order valence-corrected chi connectivity index (χ3v) is 2.33. The van der Waals surface area contributed by atoms with Gasteiger partial charge in [-0.05, 0) is 24.3 Å². The molecule has 1 N–H and O–H groups in total. The first-order valence-corrected chi connectivity index (χ1v) is 5.43. The van der Waals surface area contributed by atoms with Gasteiger partial charge in [-0.2, -0.15) is 5.26 Å². The molecule has 0 unspecified atom stereocenters. The maximum atomic E-state index is 8.67. The molecule has 0 amide bonds. The van der Waals surface area contributed by atoms with E-state index in [1.807, 2.05) is 0 Å². The predicted octanol–water partition coefficient (Wildman–Crippen LogP) is 1.97. The first kappa shape index (κ1) is 11.9. The van der Waals surface area contributed by atoms with Crippen molar-refractivity contribution in [1.82, 2.24) is 9.97 Å². The van der Waals surface area contributed by atoms with Crippen molar-refractivity contribution in [1.29, 1.82) is 5.26 Å². The molecule has 18 heavy (non-hydrogen) atoms. The summed E-state index contributed by atoms with van der Waals surface area (Å²) in [6, 6.07) is 9.00. The Morgan fingerprint density at radius 1 is 1.22 bits per heavy atom. The average Bonchev–Trinajstić information content (AvgIpc) is 2.46. The van der Waals surface area contributed by atoms with E-state index in [1.54, 1.807) is 43.7 Å². The van der Waals surface area contributed by atoms with Crippen LogP contribution in [0.4, 0.5) is 5.82 Å². The second kappa shape index (κ2) is 5.64. The summed E-state index contributed by atoms with van der Waals surface area (Å²) in [7, 11) is 1.79. The van der Waals surface area contributed by atoms with Gasteiger partial charge in [-0.25, -0.2) is 4.98 Å². The maximum absolute atomic E-state index is 8.67. The van der Waals surface area contributed by atoms with Gasteiger partial charge in [0.05, 0.1) is 29.7 Å². The number of anilines is 1. The average molecular weight is 240 g/mol. The van der Waals surface area contributed by atoms with Crippen LogP contribution in [0.2, 0.25) is 0 Å². The molecule has 0 saturated carbocycles. The smallest absolute Gasteiger partial charge is 0.144 e. The van der Waals surface area contributed by atoms with Crippen LogP contribution in [0.25, 0.3) is 0 Å². The molecule has 0 bridgehead atoms. The molecule has 90 valence electrons. The minimum atomic E-state index is 0.350. The van der Waals surface area contributed by atoms with Crippen LogP contribution in [0.5, 0.6) is 5.75 Å². The number of rotatable bonds is 4. The van der Waals surface area contributed by atoms with E-state index in [2.05, 4.69) is 21.4 Å². The molecule has 0 spiro atoms. The minimum Gasteiger partial charge on any atom is -0.487 e. The first-order chi connectivity index (χ1) is 8.81. The SMILES string of the molecule is CNc1cnc(COc2ccc(C#N)cc2)cn1. The predicted molar refractivity (Wildman–Crippen MR) is 67.1 cm³/mol. The number of nitrogens with zero attached hydrogens (tertiary/aromatic N) is 3. The number of ether oxygens (including phenoxy) is 1. The molecule has 1 aromatic heterocycles. The zero-order valence-corrected chi connectivity index (χ0v) is 9.92.